The third-order valence-electron chi connectivity index (χ3n) is 3.55. The van der Waals surface area contributed by atoms with Crippen molar-refractivity contribution in [2.75, 3.05) is 11.2 Å². The maximum atomic E-state index is 12.6. The number of alkyl halides is 1. The highest BCUT2D eigenvalue weighted by atomic mass is 35.5. The third kappa shape index (κ3) is 7.63. The summed E-state index contributed by atoms with van der Waals surface area (Å²) in [4.78, 5) is 78.2. The number of rotatable bonds is 9. The van der Waals surface area contributed by atoms with Gasteiger partial charge in [-0.2, -0.15) is 4.98 Å². The van der Waals surface area contributed by atoms with Gasteiger partial charge >= 0.3 is 35.9 Å². The molecule has 15 nitrogen and oxygen atoms in total. The fourth-order valence-electron chi connectivity index (χ4n) is 2.33. The van der Waals surface area contributed by atoms with Crippen LogP contribution in [-0.2, 0) is 28.8 Å². The minimum absolute atomic E-state index is 0.394. The highest BCUT2D eigenvalue weighted by molar-refractivity contribution is 6.41. The molecule has 0 bridgehead atoms. The van der Waals surface area contributed by atoms with E-state index in [1.165, 1.54) is 0 Å². The van der Waals surface area contributed by atoms with E-state index in [1.54, 1.807) is 0 Å². The average molecular weight is 526 g/mol. The summed E-state index contributed by atoms with van der Waals surface area (Å²) in [5.74, 6) is -8.16. The molecule has 1 heterocycles. The molecular weight excluding hydrogens is 510 g/mol. The molecular formula is C20H16ClN3O12. The molecule has 190 valence electrons. The number of nitrogens with one attached hydrogen (secondary N) is 1. The van der Waals surface area contributed by atoms with Gasteiger partial charge in [0.1, 0.15) is 17.8 Å². The molecule has 0 saturated heterocycles. The van der Waals surface area contributed by atoms with Gasteiger partial charge in [-0.25, -0.2) is 9.59 Å². The van der Waals surface area contributed by atoms with E-state index in [4.69, 9.17) is 30.2 Å². The van der Waals surface area contributed by atoms with Gasteiger partial charge in [-0.15, -0.1) is 11.6 Å². The smallest absolute Gasteiger partial charge is 0.366 e. The van der Waals surface area contributed by atoms with Crippen LogP contribution in [0.4, 0.5) is 6.01 Å². The summed E-state index contributed by atoms with van der Waals surface area (Å²) >= 11 is 5.34. The van der Waals surface area contributed by atoms with Crippen molar-refractivity contribution in [3.63, 3.8) is 0 Å². The molecule has 0 unspecified atom stereocenters. The predicted octanol–water partition coefficient (Wildman–Crippen LogP) is 1.27. The molecule has 36 heavy (non-hydrogen) atoms. The number of halogens is 1. The van der Waals surface area contributed by atoms with Crippen molar-refractivity contribution in [3.8, 4) is 17.2 Å². The molecule has 0 aliphatic carbocycles. The van der Waals surface area contributed by atoms with Gasteiger partial charge in [-0.3, -0.25) is 24.5 Å². The Bertz CT molecular complexity index is 1230. The number of carboxylic acid groups (broad SMARTS) is 1. The number of hydrogen-bond donors (Lipinski definition) is 2. The number of carboxylic acids is 1. The van der Waals surface area contributed by atoms with Gasteiger partial charge in [0.05, 0.1) is 5.56 Å². The Balaban J connectivity index is 2.43. The summed E-state index contributed by atoms with van der Waals surface area (Å²) in [5.41, 5.74) is -1.76. The number of hydrogen-bond acceptors (Lipinski definition) is 13. The molecule has 0 aliphatic heterocycles. The van der Waals surface area contributed by atoms with E-state index in [1.807, 2.05) is 0 Å². The molecule has 1 aromatic heterocycles. The minimum atomic E-state index is -1.68. The van der Waals surface area contributed by atoms with Gasteiger partial charge in [-0.05, 0) is 12.1 Å². The number of anilines is 1. The number of nitrogens with zero attached hydrogens (tertiary/aromatic N) is 2. The summed E-state index contributed by atoms with van der Waals surface area (Å²) in [6.45, 7) is 3.05. The van der Waals surface area contributed by atoms with Crippen molar-refractivity contribution >= 4 is 59.1 Å². The van der Waals surface area contributed by atoms with Crippen molar-refractivity contribution in [2.45, 2.75) is 20.8 Å². The van der Waals surface area contributed by atoms with E-state index in [0.717, 1.165) is 39.2 Å². The Labute approximate surface area is 205 Å². The van der Waals surface area contributed by atoms with Crippen molar-refractivity contribution in [2.24, 2.45) is 5.16 Å². The summed E-state index contributed by atoms with van der Waals surface area (Å²) < 4.78 is 19.7. The van der Waals surface area contributed by atoms with Crippen molar-refractivity contribution < 1.29 is 57.3 Å². The van der Waals surface area contributed by atoms with Gasteiger partial charge < -0.3 is 28.6 Å². The standard InChI is InChI=1S/C20H16ClN3O12/c1-8(25)33-13-4-11(5-14(34-9(2)26)17(13)35-10(3)27)19(31)36-24-16(18(29)30)12-7-32-20(22-12)23-15(28)6-21/h4-5,7H,6H2,1-3H3,(H,29,30)(H,22,23,28). The minimum Gasteiger partial charge on any atom is -0.476 e. The predicted molar refractivity (Wildman–Crippen MR) is 116 cm³/mol. The van der Waals surface area contributed by atoms with E-state index in [2.05, 4.69) is 20.3 Å². The second-order valence-corrected chi connectivity index (χ2v) is 6.69. The summed E-state index contributed by atoms with van der Waals surface area (Å²) in [6, 6.07) is 1.41. The highest BCUT2D eigenvalue weighted by Gasteiger charge is 2.25. The third-order valence-corrected chi connectivity index (χ3v) is 3.79. The molecule has 0 spiro atoms. The van der Waals surface area contributed by atoms with Crippen LogP contribution in [0.2, 0.25) is 0 Å². The molecule has 1 aromatic carbocycles. The molecule has 1 amide bonds. The lowest BCUT2D eigenvalue weighted by Gasteiger charge is -2.14. The zero-order chi connectivity index (χ0) is 27.0. The number of oxazole rings is 1. The first kappa shape index (κ1) is 27.5. The second kappa shape index (κ2) is 12.1. The number of esters is 3. The monoisotopic (exact) mass is 525 g/mol. The summed E-state index contributed by atoms with van der Waals surface area (Å²) in [5, 5.41) is 14.8. The number of aliphatic carboxylic acids is 1. The molecule has 2 aromatic rings. The maximum Gasteiger partial charge on any atom is 0.366 e. The zero-order valence-corrected chi connectivity index (χ0v) is 19.4. The van der Waals surface area contributed by atoms with Gasteiger partial charge in [0.25, 0.3) is 0 Å². The maximum absolute atomic E-state index is 12.6. The fraction of sp³-hybridized carbons (Fsp3) is 0.200. The number of amides is 1. The topological polar surface area (TPSA) is 210 Å². The molecule has 2 N–H and O–H groups in total. The number of ether oxygens (including phenoxy) is 3. The normalized spacial score (nSPS) is 10.7. The lowest BCUT2D eigenvalue weighted by atomic mass is 10.2. The van der Waals surface area contributed by atoms with Gasteiger partial charge in [0.2, 0.25) is 17.4 Å². The van der Waals surface area contributed by atoms with Crippen molar-refractivity contribution in [1.29, 1.82) is 0 Å². The number of benzene rings is 1. The molecule has 0 fully saturated rings. The second-order valence-electron chi connectivity index (χ2n) is 6.43. The first-order valence-electron chi connectivity index (χ1n) is 9.48. The Morgan fingerprint density at radius 1 is 1.00 bits per heavy atom. The van der Waals surface area contributed by atoms with Crippen LogP contribution in [-0.4, -0.2) is 57.4 Å². The molecule has 0 aliphatic rings. The molecule has 2 rings (SSSR count). The van der Waals surface area contributed by atoms with Crippen LogP contribution >= 0.6 is 11.6 Å². The van der Waals surface area contributed by atoms with Crippen LogP contribution in [0.3, 0.4) is 0 Å². The van der Waals surface area contributed by atoms with E-state index >= 15 is 0 Å². The SMILES string of the molecule is CC(=O)Oc1cc(C(=O)ON=C(C(=O)O)c2coc(NC(=O)CCl)n2)cc(OC(C)=O)c1OC(C)=O. The largest absolute Gasteiger partial charge is 0.476 e. The number of carbonyl (C=O) groups excluding carboxylic acids is 5. The lowest BCUT2D eigenvalue weighted by molar-refractivity contribution is -0.135. The number of aromatic nitrogens is 1. The van der Waals surface area contributed by atoms with Gasteiger partial charge in [0.15, 0.2) is 11.5 Å². The Hall–Kier alpha value is -4.79. The Morgan fingerprint density at radius 2 is 1.56 bits per heavy atom. The molecule has 0 atom stereocenters. The van der Waals surface area contributed by atoms with Gasteiger partial charge in [0, 0.05) is 20.8 Å². The zero-order valence-electron chi connectivity index (χ0n) is 18.6. The molecule has 16 heteroatoms. The Morgan fingerprint density at radius 3 is 2.03 bits per heavy atom. The Kier molecular flexibility index (Phi) is 9.21. The molecule has 0 radical (unpaired) electrons. The average Bonchev–Trinajstić information content (AvgIpc) is 3.22. The summed E-state index contributed by atoms with van der Waals surface area (Å²) in [7, 11) is 0. The van der Waals surface area contributed by atoms with E-state index in [-0.39, 0.29) is 0 Å². The van der Waals surface area contributed by atoms with Crippen LogP contribution in [0.5, 0.6) is 17.2 Å². The van der Waals surface area contributed by atoms with Crippen LogP contribution < -0.4 is 19.5 Å². The number of oxime groups is 1. The van der Waals surface area contributed by atoms with Crippen LogP contribution in [0.1, 0.15) is 36.8 Å². The highest BCUT2D eigenvalue weighted by Crippen LogP contribution is 2.39. The summed E-state index contributed by atoms with van der Waals surface area (Å²) in [6.07, 6.45) is 0.816. The van der Waals surface area contributed by atoms with Crippen LogP contribution in [0.15, 0.2) is 28.0 Å². The van der Waals surface area contributed by atoms with E-state index in [0.29, 0.717) is 0 Å². The van der Waals surface area contributed by atoms with E-state index < -0.39 is 81.9 Å². The van der Waals surface area contributed by atoms with E-state index in [9.17, 15) is 33.9 Å². The fourth-order valence-corrected chi connectivity index (χ4v) is 2.39. The molecule has 0 saturated carbocycles. The van der Waals surface area contributed by atoms with Crippen molar-refractivity contribution in [3.05, 3.63) is 29.7 Å². The number of carbonyl (C=O) groups is 6. The first-order chi connectivity index (χ1) is 16.9. The van der Waals surface area contributed by atoms with Gasteiger partial charge in [-0.1, -0.05) is 5.16 Å². The van der Waals surface area contributed by atoms with Crippen molar-refractivity contribution in [1.82, 2.24) is 4.98 Å². The van der Waals surface area contributed by atoms with Crippen LogP contribution in [0, 0.1) is 0 Å². The quantitative estimate of drug-likeness (QED) is 0.118. The lowest BCUT2D eigenvalue weighted by Crippen LogP contribution is -2.18. The van der Waals surface area contributed by atoms with Crippen LogP contribution in [0.25, 0.3) is 0 Å². The first-order valence-corrected chi connectivity index (χ1v) is 10.0.